The molecule has 3 heterocycles. The van der Waals surface area contributed by atoms with Crippen LogP contribution in [0.4, 0.5) is 4.79 Å². The second kappa shape index (κ2) is 8.86. The number of para-hydroxylation sites is 1. The van der Waals surface area contributed by atoms with Gasteiger partial charge in [0.25, 0.3) is 0 Å². The largest absolute Gasteiger partial charge is 0.450 e. The van der Waals surface area contributed by atoms with E-state index in [9.17, 15) is 9.59 Å². The van der Waals surface area contributed by atoms with Gasteiger partial charge in [0.05, 0.1) is 13.0 Å². The standard InChI is InChI=1S/C22H30N4O3/c1-2-29-22(28)26-9-7-18(8-10-26)24-11-13-25(14-12-24)21(27)15-17-16-23-20-6-4-3-5-19(17)20/h3-6,16,18,23H,2,7-15H2,1H3. The number of H-pyrrole nitrogens is 1. The van der Waals surface area contributed by atoms with Gasteiger partial charge in [0.15, 0.2) is 0 Å². The number of hydrogen-bond donors (Lipinski definition) is 1. The van der Waals surface area contributed by atoms with Gasteiger partial charge in [0.2, 0.25) is 5.91 Å². The zero-order chi connectivity index (χ0) is 20.2. The lowest BCUT2D eigenvalue weighted by molar-refractivity contribution is -0.132. The van der Waals surface area contributed by atoms with Crippen molar-refractivity contribution in [3.63, 3.8) is 0 Å². The van der Waals surface area contributed by atoms with Crippen LogP contribution in [-0.2, 0) is 16.0 Å². The van der Waals surface area contributed by atoms with E-state index >= 15 is 0 Å². The number of ether oxygens (including phenoxy) is 1. The van der Waals surface area contributed by atoms with Crippen LogP contribution in [-0.4, -0.2) is 83.6 Å². The quantitative estimate of drug-likeness (QED) is 0.859. The predicted octanol–water partition coefficient (Wildman–Crippen LogP) is 2.48. The molecular weight excluding hydrogens is 368 g/mol. The van der Waals surface area contributed by atoms with Crippen LogP contribution in [0.2, 0.25) is 0 Å². The lowest BCUT2D eigenvalue weighted by Gasteiger charge is -2.42. The Hall–Kier alpha value is -2.54. The molecule has 0 spiro atoms. The van der Waals surface area contributed by atoms with Gasteiger partial charge in [-0.15, -0.1) is 0 Å². The molecule has 2 aliphatic rings. The number of hydrogen-bond acceptors (Lipinski definition) is 4. The normalized spacial score (nSPS) is 18.9. The molecule has 2 amide bonds. The fourth-order valence-corrected chi connectivity index (χ4v) is 4.52. The summed E-state index contributed by atoms with van der Waals surface area (Å²) in [5.74, 6) is 0.200. The van der Waals surface area contributed by atoms with Gasteiger partial charge < -0.3 is 19.5 Å². The topological polar surface area (TPSA) is 68.9 Å². The summed E-state index contributed by atoms with van der Waals surface area (Å²) in [5.41, 5.74) is 2.15. The third kappa shape index (κ3) is 4.40. The SMILES string of the molecule is CCOC(=O)N1CCC(N2CCN(C(=O)Cc3c[nH]c4ccccc34)CC2)CC1. The van der Waals surface area contributed by atoms with Crippen LogP contribution < -0.4 is 0 Å². The Balaban J connectivity index is 1.25. The second-order valence-corrected chi connectivity index (χ2v) is 7.87. The first kappa shape index (κ1) is 19.8. The molecule has 29 heavy (non-hydrogen) atoms. The summed E-state index contributed by atoms with van der Waals surface area (Å²) in [5, 5.41) is 1.13. The van der Waals surface area contributed by atoms with Crippen LogP contribution in [0.15, 0.2) is 30.5 Å². The molecule has 0 bridgehead atoms. The van der Waals surface area contributed by atoms with E-state index in [4.69, 9.17) is 4.74 Å². The maximum absolute atomic E-state index is 12.8. The van der Waals surface area contributed by atoms with Crippen molar-refractivity contribution in [1.82, 2.24) is 19.7 Å². The Kier molecular flexibility index (Phi) is 6.04. The smallest absolute Gasteiger partial charge is 0.409 e. The van der Waals surface area contributed by atoms with Gasteiger partial charge in [-0.1, -0.05) is 18.2 Å². The first-order valence-corrected chi connectivity index (χ1v) is 10.6. The number of fused-ring (bicyclic) bond motifs is 1. The molecule has 1 aromatic heterocycles. The highest BCUT2D eigenvalue weighted by molar-refractivity contribution is 5.88. The summed E-state index contributed by atoms with van der Waals surface area (Å²) in [6, 6.07) is 8.60. The molecule has 2 saturated heterocycles. The number of amides is 2. The Labute approximate surface area is 171 Å². The second-order valence-electron chi connectivity index (χ2n) is 7.87. The zero-order valence-corrected chi connectivity index (χ0v) is 17.1. The number of piperazine rings is 1. The lowest BCUT2D eigenvalue weighted by Crippen LogP contribution is -2.55. The molecule has 0 radical (unpaired) electrons. The van der Waals surface area contributed by atoms with Gasteiger partial charge in [-0.25, -0.2) is 4.79 Å². The van der Waals surface area contributed by atoms with Crippen LogP contribution in [0.5, 0.6) is 0 Å². The number of carbonyl (C=O) groups is 2. The van der Waals surface area contributed by atoms with E-state index < -0.39 is 0 Å². The summed E-state index contributed by atoms with van der Waals surface area (Å²) in [7, 11) is 0. The summed E-state index contributed by atoms with van der Waals surface area (Å²) in [6.45, 7) is 7.13. The van der Waals surface area contributed by atoms with E-state index in [1.165, 1.54) is 0 Å². The Morgan fingerprint density at radius 3 is 2.48 bits per heavy atom. The number of aromatic nitrogens is 1. The zero-order valence-electron chi connectivity index (χ0n) is 17.1. The monoisotopic (exact) mass is 398 g/mol. The number of rotatable bonds is 4. The lowest BCUT2D eigenvalue weighted by atomic mass is 10.0. The van der Waals surface area contributed by atoms with Crippen molar-refractivity contribution in [2.45, 2.75) is 32.2 Å². The van der Waals surface area contributed by atoms with Gasteiger partial charge in [0, 0.05) is 62.4 Å². The van der Waals surface area contributed by atoms with Crippen molar-refractivity contribution >= 4 is 22.9 Å². The van der Waals surface area contributed by atoms with Gasteiger partial charge in [0.1, 0.15) is 0 Å². The Morgan fingerprint density at radius 2 is 1.76 bits per heavy atom. The van der Waals surface area contributed by atoms with Crippen molar-refractivity contribution in [2.75, 3.05) is 45.9 Å². The number of benzene rings is 1. The first-order valence-electron chi connectivity index (χ1n) is 10.6. The minimum absolute atomic E-state index is 0.196. The fraction of sp³-hybridized carbons (Fsp3) is 0.545. The highest BCUT2D eigenvalue weighted by atomic mass is 16.6. The van der Waals surface area contributed by atoms with Crippen LogP contribution >= 0.6 is 0 Å². The van der Waals surface area contributed by atoms with E-state index in [1.807, 2.05) is 36.2 Å². The molecule has 1 N–H and O–H groups in total. The van der Waals surface area contributed by atoms with Crippen LogP contribution in [0.25, 0.3) is 10.9 Å². The molecule has 0 unspecified atom stereocenters. The minimum Gasteiger partial charge on any atom is -0.450 e. The summed E-state index contributed by atoms with van der Waals surface area (Å²) < 4.78 is 5.10. The van der Waals surface area contributed by atoms with Crippen molar-refractivity contribution in [3.8, 4) is 0 Å². The maximum Gasteiger partial charge on any atom is 0.409 e. The summed E-state index contributed by atoms with van der Waals surface area (Å²) in [4.78, 5) is 34.2. The van der Waals surface area contributed by atoms with Gasteiger partial charge in [-0.2, -0.15) is 0 Å². The molecule has 7 nitrogen and oxygen atoms in total. The van der Waals surface area contributed by atoms with Crippen LogP contribution in [0, 0.1) is 0 Å². The van der Waals surface area contributed by atoms with Crippen LogP contribution in [0.1, 0.15) is 25.3 Å². The van der Waals surface area contributed by atoms with Crippen molar-refractivity contribution in [1.29, 1.82) is 0 Å². The minimum atomic E-state index is -0.196. The molecule has 0 atom stereocenters. The van der Waals surface area contributed by atoms with E-state index in [2.05, 4.69) is 16.0 Å². The molecule has 2 aliphatic heterocycles. The van der Waals surface area contributed by atoms with Gasteiger partial charge in [-0.05, 0) is 31.4 Å². The van der Waals surface area contributed by atoms with Crippen molar-refractivity contribution in [3.05, 3.63) is 36.0 Å². The highest BCUT2D eigenvalue weighted by Gasteiger charge is 2.30. The van der Waals surface area contributed by atoms with Gasteiger partial charge >= 0.3 is 6.09 Å². The molecule has 2 aromatic rings. The molecule has 156 valence electrons. The van der Waals surface area contributed by atoms with Crippen molar-refractivity contribution in [2.24, 2.45) is 0 Å². The Morgan fingerprint density at radius 1 is 1.03 bits per heavy atom. The Bertz CT molecular complexity index is 849. The maximum atomic E-state index is 12.8. The van der Waals surface area contributed by atoms with E-state index in [0.717, 1.165) is 68.6 Å². The van der Waals surface area contributed by atoms with Crippen molar-refractivity contribution < 1.29 is 14.3 Å². The van der Waals surface area contributed by atoms with Crippen LogP contribution in [0.3, 0.4) is 0 Å². The molecule has 4 rings (SSSR count). The molecule has 0 saturated carbocycles. The number of nitrogens with zero attached hydrogens (tertiary/aromatic N) is 3. The number of carbonyl (C=O) groups excluding carboxylic acids is 2. The highest BCUT2D eigenvalue weighted by Crippen LogP contribution is 2.21. The van der Waals surface area contributed by atoms with E-state index in [0.29, 0.717) is 19.1 Å². The third-order valence-electron chi connectivity index (χ3n) is 6.19. The van der Waals surface area contributed by atoms with E-state index in [-0.39, 0.29) is 12.0 Å². The van der Waals surface area contributed by atoms with E-state index in [1.54, 1.807) is 4.90 Å². The number of nitrogens with one attached hydrogen (secondary N) is 1. The third-order valence-corrected chi connectivity index (χ3v) is 6.19. The number of likely N-dealkylation sites (tertiary alicyclic amines) is 1. The summed E-state index contributed by atoms with van der Waals surface area (Å²) >= 11 is 0. The molecule has 7 heteroatoms. The fourth-order valence-electron chi connectivity index (χ4n) is 4.52. The average molecular weight is 399 g/mol. The molecular formula is C22H30N4O3. The number of piperidine rings is 1. The molecule has 2 fully saturated rings. The average Bonchev–Trinajstić information content (AvgIpc) is 3.17. The van der Waals surface area contributed by atoms with Gasteiger partial charge in [-0.3, -0.25) is 9.69 Å². The summed E-state index contributed by atoms with van der Waals surface area (Å²) in [6.07, 6.45) is 4.15. The molecule has 0 aliphatic carbocycles. The predicted molar refractivity (Wildman–Crippen MR) is 112 cm³/mol. The number of aromatic amines is 1. The first-order chi connectivity index (χ1) is 14.2. The molecule has 1 aromatic carbocycles.